The molecule has 1 aliphatic rings. The lowest BCUT2D eigenvalue weighted by Crippen LogP contribution is -2.39. The lowest BCUT2D eigenvalue weighted by atomic mass is 10.0. The van der Waals surface area contributed by atoms with E-state index in [1.807, 2.05) is 43.6 Å². The van der Waals surface area contributed by atoms with Gasteiger partial charge in [0.15, 0.2) is 0 Å². The molecule has 1 aromatic heterocycles. The molecule has 0 unspecified atom stereocenters. The molecule has 0 atom stereocenters. The van der Waals surface area contributed by atoms with Gasteiger partial charge in [-0.3, -0.25) is 4.90 Å². The molecule has 1 saturated heterocycles. The van der Waals surface area contributed by atoms with Crippen molar-refractivity contribution in [1.29, 1.82) is 0 Å². The summed E-state index contributed by atoms with van der Waals surface area (Å²) in [5.74, 6) is 2.45. The van der Waals surface area contributed by atoms with E-state index in [1.54, 1.807) is 0 Å². The van der Waals surface area contributed by atoms with Gasteiger partial charge in [0.1, 0.15) is 18.1 Å². The van der Waals surface area contributed by atoms with Gasteiger partial charge in [-0.15, -0.1) is 0 Å². The fourth-order valence-electron chi connectivity index (χ4n) is 4.08. The number of rotatable bonds is 10. The number of piperidine rings is 1. The molecule has 0 aliphatic carbocycles. The molecule has 2 heterocycles. The third-order valence-corrected chi connectivity index (χ3v) is 5.94. The van der Waals surface area contributed by atoms with Crippen molar-refractivity contribution < 1.29 is 9.47 Å². The van der Waals surface area contributed by atoms with Crippen LogP contribution in [0, 0.1) is 0 Å². The van der Waals surface area contributed by atoms with Crippen LogP contribution >= 0.6 is 0 Å². The highest BCUT2D eigenvalue weighted by Crippen LogP contribution is 2.26. The fraction of sp³-hybridized carbons (Fsp3) is 0.407. The Morgan fingerprint density at radius 3 is 2.24 bits per heavy atom. The number of aromatic nitrogens is 2. The van der Waals surface area contributed by atoms with Crippen molar-refractivity contribution in [2.75, 3.05) is 25.0 Å². The number of benzene rings is 2. The van der Waals surface area contributed by atoms with Crippen molar-refractivity contribution in [3.63, 3.8) is 0 Å². The third kappa shape index (κ3) is 6.93. The van der Waals surface area contributed by atoms with Crippen LogP contribution < -0.4 is 14.8 Å². The van der Waals surface area contributed by atoms with Gasteiger partial charge in [0, 0.05) is 44.1 Å². The maximum Gasteiger partial charge on any atom is 0.222 e. The van der Waals surface area contributed by atoms with Crippen LogP contribution in [0.4, 0.5) is 5.95 Å². The van der Waals surface area contributed by atoms with Crippen LogP contribution in [0.15, 0.2) is 60.9 Å². The van der Waals surface area contributed by atoms with Crippen LogP contribution in [0.2, 0.25) is 0 Å². The highest BCUT2D eigenvalue weighted by atomic mass is 16.5. The Bertz CT molecular complexity index is 987. The second-order valence-corrected chi connectivity index (χ2v) is 8.48. The van der Waals surface area contributed by atoms with E-state index in [9.17, 15) is 0 Å². The molecular weight excluding hydrogens is 412 g/mol. The number of nitrogens with zero attached hydrogens (tertiary/aromatic N) is 3. The molecule has 0 saturated carbocycles. The minimum absolute atomic E-state index is 0.410. The molecule has 2 aromatic carbocycles. The molecular formula is C27H34N4O2. The monoisotopic (exact) mass is 446 g/mol. The Labute approximate surface area is 197 Å². The van der Waals surface area contributed by atoms with Gasteiger partial charge in [-0.2, -0.15) is 0 Å². The molecule has 0 spiro atoms. The molecule has 174 valence electrons. The quantitative estimate of drug-likeness (QED) is 0.468. The van der Waals surface area contributed by atoms with Crippen molar-refractivity contribution in [3.8, 4) is 11.5 Å². The predicted molar refractivity (Wildman–Crippen MR) is 132 cm³/mol. The minimum atomic E-state index is 0.410. The normalized spacial score (nSPS) is 14.7. The average Bonchev–Trinajstić information content (AvgIpc) is 2.85. The fourth-order valence-corrected chi connectivity index (χ4v) is 4.08. The summed E-state index contributed by atoms with van der Waals surface area (Å²) in [7, 11) is 0. The Kier molecular flexibility index (Phi) is 8.14. The number of hydrogen-bond donors (Lipinski definition) is 1. The summed E-state index contributed by atoms with van der Waals surface area (Å²) in [6.07, 6.45) is 6.92. The van der Waals surface area contributed by atoms with Crippen molar-refractivity contribution in [3.05, 3.63) is 77.6 Å². The molecule has 1 aliphatic heterocycles. The van der Waals surface area contributed by atoms with Gasteiger partial charge in [0.25, 0.3) is 0 Å². The van der Waals surface area contributed by atoms with Crippen molar-refractivity contribution in [2.45, 2.75) is 52.3 Å². The Morgan fingerprint density at radius 2 is 1.58 bits per heavy atom. The zero-order valence-corrected chi connectivity index (χ0v) is 19.7. The number of ether oxygens (including phenoxy) is 2. The van der Waals surface area contributed by atoms with Gasteiger partial charge in [0.05, 0.1) is 6.61 Å². The molecule has 6 heteroatoms. The first kappa shape index (κ1) is 23.1. The van der Waals surface area contributed by atoms with Crippen molar-refractivity contribution in [2.24, 2.45) is 0 Å². The van der Waals surface area contributed by atoms with Crippen LogP contribution in [-0.2, 0) is 19.6 Å². The number of aryl methyl sites for hydroxylation is 1. The van der Waals surface area contributed by atoms with Crippen molar-refractivity contribution in [1.82, 2.24) is 14.9 Å². The first-order chi connectivity index (χ1) is 16.2. The van der Waals surface area contributed by atoms with Crippen LogP contribution in [0.5, 0.6) is 11.5 Å². The first-order valence-electron chi connectivity index (χ1n) is 11.9. The lowest BCUT2D eigenvalue weighted by Gasteiger charge is -2.32. The van der Waals surface area contributed by atoms with Crippen LogP contribution in [0.25, 0.3) is 0 Å². The van der Waals surface area contributed by atoms with Gasteiger partial charge >= 0.3 is 0 Å². The van der Waals surface area contributed by atoms with Gasteiger partial charge in [-0.1, -0.05) is 37.3 Å². The lowest BCUT2D eigenvalue weighted by molar-refractivity contribution is 0.210. The summed E-state index contributed by atoms with van der Waals surface area (Å²) in [6, 6.07) is 16.9. The standard InChI is InChI=1S/C27H34N4O2/c1-3-21-17-28-27(29-18-21)30-24-10-12-31(13-11-24)19-23-14-25(32-4-2)16-26(15-23)33-20-22-8-6-5-7-9-22/h5-9,14-18,24H,3-4,10-13,19-20H2,1-2H3,(H,28,29,30). The smallest absolute Gasteiger partial charge is 0.222 e. The molecule has 6 nitrogen and oxygen atoms in total. The van der Waals surface area contributed by atoms with E-state index in [0.29, 0.717) is 19.3 Å². The molecule has 3 aromatic rings. The SMILES string of the molecule is CCOc1cc(CN2CCC(Nc3ncc(CC)cn3)CC2)cc(OCc2ccccc2)c1. The second kappa shape index (κ2) is 11.7. The summed E-state index contributed by atoms with van der Waals surface area (Å²) in [6.45, 7) is 8.26. The minimum Gasteiger partial charge on any atom is -0.494 e. The van der Waals surface area contributed by atoms with Gasteiger partial charge < -0.3 is 14.8 Å². The van der Waals surface area contributed by atoms with Crippen LogP contribution in [0.3, 0.4) is 0 Å². The number of hydrogen-bond acceptors (Lipinski definition) is 6. The molecule has 0 amide bonds. The molecule has 0 radical (unpaired) electrons. The maximum absolute atomic E-state index is 6.09. The summed E-state index contributed by atoms with van der Waals surface area (Å²) in [5.41, 5.74) is 3.54. The van der Waals surface area contributed by atoms with E-state index in [0.717, 1.165) is 67.5 Å². The Hall–Kier alpha value is -3.12. The van der Waals surface area contributed by atoms with Gasteiger partial charge in [-0.05, 0) is 55.0 Å². The number of nitrogens with one attached hydrogen (secondary N) is 1. The van der Waals surface area contributed by atoms with E-state index in [1.165, 1.54) is 5.56 Å². The van der Waals surface area contributed by atoms with Gasteiger partial charge in [0.2, 0.25) is 5.95 Å². The Morgan fingerprint density at radius 1 is 0.879 bits per heavy atom. The van der Waals surface area contributed by atoms with E-state index in [4.69, 9.17) is 9.47 Å². The van der Waals surface area contributed by atoms with Gasteiger partial charge in [-0.25, -0.2) is 9.97 Å². The average molecular weight is 447 g/mol. The zero-order valence-electron chi connectivity index (χ0n) is 19.7. The summed E-state index contributed by atoms with van der Waals surface area (Å²) in [5, 5.41) is 3.49. The van der Waals surface area contributed by atoms with Crippen LogP contribution in [0.1, 0.15) is 43.4 Å². The topological polar surface area (TPSA) is 59.5 Å². The third-order valence-electron chi connectivity index (χ3n) is 5.94. The number of anilines is 1. The van der Waals surface area contributed by atoms with E-state index < -0.39 is 0 Å². The van der Waals surface area contributed by atoms with Crippen molar-refractivity contribution >= 4 is 5.95 Å². The van der Waals surface area contributed by atoms with E-state index in [-0.39, 0.29) is 0 Å². The predicted octanol–water partition coefficient (Wildman–Crippen LogP) is 5.09. The summed E-state index contributed by atoms with van der Waals surface area (Å²) < 4.78 is 11.9. The Balaban J connectivity index is 1.32. The summed E-state index contributed by atoms with van der Waals surface area (Å²) >= 11 is 0. The molecule has 33 heavy (non-hydrogen) atoms. The van der Waals surface area contributed by atoms with E-state index in [2.05, 4.69) is 51.4 Å². The largest absolute Gasteiger partial charge is 0.494 e. The number of likely N-dealkylation sites (tertiary alicyclic amines) is 1. The molecule has 4 rings (SSSR count). The molecule has 1 N–H and O–H groups in total. The zero-order chi connectivity index (χ0) is 22.9. The molecule has 0 bridgehead atoms. The maximum atomic E-state index is 6.09. The highest BCUT2D eigenvalue weighted by molar-refractivity contribution is 5.39. The first-order valence-corrected chi connectivity index (χ1v) is 11.9. The van der Waals surface area contributed by atoms with E-state index >= 15 is 0 Å². The van der Waals surface area contributed by atoms with Crippen LogP contribution in [-0.4, -0.2) is 40.6 Å². The second-order valence-electron chi connectivity index (χ2n) is 8.48. The highest BCUT2D eigenvalue weighted by Gasteiger charge is 2.20. The molecule has 1 fully saturated rings. The summed E-state index contributed by atoms with van der Waals surface area (Å²) in [4.78, 5) is 11.4.